The molecule has 0 fully saturated rings. The summed E-state index contributed by atoms with van der Waals surface area (Å²) in [7, 11) is 0. The number of carboxylic acids is 2. The standard InChI is InChI=1S/C34H54N4O13/c35-29(39)24-49-22-20-47-19-16-37-31(41)14-13-28(34(45)46)38-32(42)25-50-23-21-48-18-15-36-30(40)8-6-4-2-1-3-5-7-17-51-27-11-9-26(10-12-27)33(43)44/h9-12,28H,1-8,13-25H2,(H2,35,39)(H,36,40)(H,37,41)(H,38,42)(H,43,44)(H,45,46). The molecule has 51 heavy (non-hydrogen) atoms. The van der Waals surface area contributed by atoms with Crippen LogP contribution in [0.3, 0.4) is 0 Å². The van der Waals surface area contributed by atoms with E-state index < -0.39 is 35.7 Å². The zero-order valence-corrected chi connectivity index (χ0v) is 29.2. The molecular formula is C34H54N4O13. The van der Waals surface area contributed by atoms with E-state index in [9.17, 15) is 33.9 Å². The normalized spacial score (nSPS) is 11.4. The molecule has 7 N–H and O–H groups in total. The number of unbranched alkanes of at least 4 members (excludes halogenated alkanes) is 6. The maximum atomic E-state index is 12.1. The first-order valence-electron chi connectivity index (χ1n) is 17.2. The Morgan fingerprint density at radius 2 is 1.14 bits per heavy atom. The number of ether oxygens (including phenoxy) is 5. The summed E-state index contributed by atoms with van der Waals surface area (Å²) in [5.41, 5.74) is 5.16. The first-order chi connectivity index (χ1) is 24.6. The van der Waals surface area contributed by atoms with Gasteiger partial charge in [0.2, 0.25) is 23.6 Å². The number of nitrogens with two attached hydrogens (primary N) is 1. The molecule has 288 valence electrons. The largest absolute Gasteiger partial charge is 0.494 e. The molecule has 0 saturated heterocycles. The van der Waals surface area contributed by atoms with Crippen molar-refractivity contribution >= 4 is 35.6 Å². The first kappa shape index (κ1) is 44.7. The summed E-state index contributed by atoms with van der Waals surface area (Å²) in [6.45, 7) is 1.68. The molecule has 0 radical (unpaired) electrons. The van der Waals surface area contributed by atoms with Crippen LogP contribution in [-0.2, 0) is 42.9 Å². The molecule has 0 aliphatic heterocycles. The van der Waals surface area contributed by atoms with E-state index in [2.05, 4.69) is 16.0 Å². The summed E-state index contributed by atoms with van der Waals surface area (Å²) in [4.78, 5) is 68.9. The second kappa shape index (κ2) is 29.4. The topological polar surface area (TPSA) is 251 Å². The molecule has 17 heteroatoms. The van der Waals surface area contributed by atoms with E-state index in [-0.39, 0.29) is 83.7 Å². The van der Waals surface area contributed by atoms with Crippen LogP contribution in [0.4, 0.5) is 0 Å². The van der Waals surface area contributed by atoms with E-state index in [4.69, 9.17) is 34.5 Å². The number of aromatic carboxylic acids is 1. The lowest BCUT2D eigenvalue weighted by Crippen LogP contribution is -2.43. The van der Waals surface area contributed by atoms with Crippen molar-refractivity contribution in [3.8, 4) is 5.75 Å². The lowest BCUT2D eigenvalue weighted by Gasteiger charge is -2.14. The van der Waals surface area contributed by atoms with Gasteiger partial charge < -0.3 is 55.6 Å². The molecule has 0 aliphatic carbocycles. The molecule has 1 atom stereocenters. The molecule has 0 spiro atoms. The van der Waals surface area contributed by atoms with Crippen LogP contribution in [-0.4, -0.2) is 124 Å². The number of carbonyl (C=O) groups is 6. The van der Waals surface area contributed by atoms with Crippen LogP contribution in [0, 0.1) is 0 Å². The molecule has 1 aromatic rings. The molecule has 0 bridgehead atoms. The Kier molecular flexibility index (Phi) is 25.8. The minimum Gasteiger partial charge on any atom is -0.494 e. The summed E-state index contributed by atoms with van der Waals surface area (Å²) in [6, 6.07) is 5.10. The predicted molar refractivity (Wildman–Crippen MR) is 183 cm³/mol. The van der Waals surface area contributed by atoms with Crippen LogP contribution in [0.1, 0.15) is 74.6 Å². The Hall–Kier alpha value is -4.32. The Balaban J connectivity index is 1.93. The van der Waals surface area contributed by atoms with Crippen molar-refractivity contribution in [1.29, 1.82) is 0 Å². The van der Waals surface area contributed by atoms with Gasteiger partial charge in [-0.25, -0.2) is 9.59 Å². The van der Waals surface area contributed by atoms with Crippen molar-refractivity contribution in [2.75, 3.05) is 72.6 Å². The number of amides is 4. The van der Waals surface area contributed by atoms with Crippen molar-refractivity contribution in [2.24, 2.45) is 5.73 Å². The average molecular weight is 727 g/mol. The molecule has 0 aromatic heterocycles. The SMILES string of the molecule is NC(=O)COCCOCCNC(=O)CCC(NC(=O)COCCOCCNC(=O)CCCCCCCCCOc1ccc(C(=O)O)cc1)C(=O)O. The molecule has 17 nitrogen and oxygen atoms in total. The Morgan fingerprint density at radius 1 is 0.608 bits per heavy atom. The Morgan fingerprint density at radius 3 is 1.71 bits per heavy atom. The third kappa shape index (κ3) is 26.2. The smallest absolute Gasteiger partial charge is 0.335 e. The van der Waals surface area contributed by atoms with E-state index in [1.165, 1.54) is 12.1 Å². The van der Waals surface area contributed by atoms with Gasteiger partial charge in [0.15, 0.2) is 0 Å². The number of carbonyl (C=O) groups excluding carboxylic acids is 4. The quantitative estimate of drug-likeness (QED) is 0.0554. The highest BCUT2D eigenvalue weighted by molar-refractivity contribution is 5.87. The van der Waals surface area contributed by atoms with Gasteiger partial charge >= 0.3 is 11.9 Å². The molecule has 1 unspecified atom stereocenters. The fourth-order valence-corrected chi connectivity index (χ4v) is 4.40. The van der Waals surface area contributed by atoms with E-state index in [1.807, 2.05) is 0 Å². The number of benzene rings is 1. The van der Waals surface area contributed by atoms with Crippen molar-refractivity contribution in [3.05, 3.63) is 29.8 Å². The second-order valence-electron chi connectivity index (χ2n) is 11.4. The summed E-state index contributed by atoms with van der Waals surface area (Å²) < 4.78 is 26.4. The van der Waals surface area contributed by atoms with Crippen molar-refractivity contribution in [3.63, 3.8) is 0 Å². The fraction of sp³-hybridized carbons (Fsp3) is 0.647. The molecule has 0 heterocycles. The molecule has 1 aromatic carbocycles. The highest BCUT2D eigenvalue weighted by Crippen LogP contribution is 2.14. The number of hydrogen-bond acceptors (Lipinski definition) is 11. The van der Waals surface area contributed by atoms with Crippen LogP contribution in [0.5, 0.6) is 5.75 Å². The number of nitrogens with one attached hydrogen (secondary N) is 3. The predicted octanol–water partition coefficient (Wildman–Crippen LogP) is 1.02. The fourth-order valence-electron chi connectivity index (χ4n) is 4.40. The van der Waals surface area contributed by atoms with Gasteiger partial charge in [-0.15, -0.1) is 0 Å². The maximum Gasteiger partial charge on any atom is 0.335 e. The van der Waals surface area contributed by atoms with Gasteiger partial charge in [0.1, 0.15) is 25.0 Å². The summed E-state index contributed by atoms with van der Waals surface area (Å²) in [5.74, 6) is -3.25. The van der Waals surface area contributed by atoms with E-state index >= 15 is 0 Å². The number of carboxylic acid groups (broad SMARTS) is 2. The van der Waals surface area contributed by atoms with Gasteiger partial charge in [0.05, 0.1) is 51.8 Å². The van der Waals surface area contributed by atoms with Crippen LogP contribution in [0.25, 0.3) is 0 Å². The average Bonchev–Trinajstić information content (AvgIpc) is 3.09. The van der Waals surface area contributed by atoms with Gasteiger partial charge in [0, 0.05) is 25.9 Å². The highest BCUT2D eigenvalue weighted by Gasteiger charge is 2.21. The van der Waals surface area contributed by atoms with Crippen LogP contribution in [0.2, 0.25) is 0 Å². The minimum atomic E-state index is -1.28. The minimum absolute atomic E-state index is 0.0414. The summed E-state index contributed by atoms with van der Waals surface area (Å²) in [5, 5.41) is 26.0. The number of primary amides is 1. The Bertz CT molecular complexity index is 1170. The van der Waals surface area contributed by atoms with Crippen LogP contribution < -0.4 is 26.4 Å². The van der Waals surface area contributed by atoms with Gasteiger partial charge in [-0.3, -0.25) is 19.2 Å². The monoisotopic (exact) mass is 726 g/mol. The number of aliphatic carboxylic acids is 1. The van der Waals surface area contributed by atoms with E-state index in [1.54, 1.807) is 12.1 Å². The van der Waals surface area contributed by atoms with Gasteiger partial charge in [-0.05, 0) is 43.5 Å². The first-order valence-corrected chi connectivity index (χ1v) is 17.2. The second-order valence-corrected chi connectivity index (χ2v) is 11.4. The molecule has 1 rings (SSSR count). The van der Waals surface area contributed by atoms with Crippen LogP contribution in [0.15, 0.2) is 24.3 Å². The van der Waals surface area contributed by atoms with Crippen molar-refractivity contribution < 1.29 is 62.7 Å². The molecule has 4 amide bonds. The highest BCUT2D eigenvalue weighted by atomic mass is 16.5. The van der Waals surface area contributed by atoms with Gasteiger partial charge in [-0.2, -0.15) is 0 Å². The van der Waals surface area contributed by atoms with Gasteiger partial charge in [0.25, 0.3) is 0 Å². The maximum absolute atomic E-state index is 12.1. The lowest BCUT2D eigenvalue weighted by atomic mass is 10.1. The van der Waals surface area contributed by atoms with Gasteiger partial charge in [-0.1, -0.05) is 32.1 Å². The van der Waals surface area contributed by atoms with E-state index in [0.717, 1.165) is 44.9 Å². The van der Waals surface area contributed by atoms with Crippen molar-refractivity contribution in [2.45, 2.75) is 70.3 Å². The lowest BCUT2D eigenvalue weighted by molar-refractivity contribution is -0.143. The molecule has 0 aliphatic rings. The van der Waals surface area contributed by atoms with E-state index in [0.29, 0.717) is 25.3 Å². The number of rotatable bonds is 33. The summed E-state index contributed by atoms with van der Waals surface area (Å²) in [6.07, 6.45) is 7.17. The van der Waals surface area contributed by atoms with Crippen LogP contribution >= 0.6 is 0 Å². The third-order valence-electron chi connectivity index (χ3n) is 7.07. The van der Waals surface area contributed by atoms with Crippen molar-refractivity contribution in [1.82, 2.24) is 16.0 Å². The Labute approximate surface area is 298 Å². The number of hydrogen-bond donors (Lipinski definition) is 6. The molecule has 0 saturated carbocycles. The molecular weight excluding hydrogens is 672 g/mol. The zero-order chi connectivity index (χ0) is 37.5. The zero-order valence-electron chi connectivity index (χ0n) is 29.2. The summed E-state index contributed by atoms with van der Waals surface area (Å²) >= 11 is 0. The third-order valence-corrected chi connectivity index (χ3v) is 7.07.